The van der Waals surface area contributed by atoms with Crippen LogP contribution in [0.3, 0.4) is 0 Å². The molecule has 1 radical (unpaired) electrons. The highest BCUT2D eigenvalue weighted by molar-refractivity contribution is 7.86. The van der Waals surface area contributed by atoms with Gasteiger partial charge in [0.25, 0.3) is 10.1 Å². The van der Waals surface area contributed by atoms with Gasteiger partial charge in [-0.2, -0.15) is 8.42 Å². The van der Waals surface area contributed by atoms with Gasteiger partial charge >= 0.3 is 0 Å². The third-order valence-electron chi connectivity index (χ3n) is 1.22. The molecule has 0 saturated carbocycles. The van der Waals surface area contributed by atoms with Gasteiger partial charge in [0.05, 0.1) is 0 Å². The Hall–Kier alpha value is -0.610. The molecule has 1 N–H and O–H groups in total. The molecule has 1 aliphatic rings. The standard InChI is InChI=1S/C6H7O3S/c7-10(8,9)6-4-2-1-3-5-6/h1-3,6H,4H2,(H,7,8,9). The molecule has 1 rings (SSSR count). The summed E-state index contributed by atoms with van der Waals surface area (Å²) < 4.78 is 29.3. The molecule has 0 spiro atoms. The van der Waals surface area contributed by atoms with Crippen molar-refractivity contribution in [2.24, 2.45) is 0 Å². The summed E-state index contributed by atoms with van der Waals surface area (Å²) in [7, 11) is -3.92. The molecular weight excluding hydrogens is 152 g/mol. The van der Waals surface area contributed by atoms with E-state index in [-0.39, 0.29) is 0 Å². The zero-order valence-electron chi connectivity index (χ0n) is 5.19. The second-order valence-electron chi connectivity index (χ2n) is 2.00. The van der Waals surface area contributed by atoms with E-state index in [9.17, 15) is 8.42 Å². The van der Waals surface area contributed by atoms with Gasteiger partial charge in [0.1, 0.15) is 5.25 Å². The Balaban J connectivity index is 2.79. The molecule has 55 valence electrons. The van der Waals surface area contributed by atoms with Gasteiger partial charge in [-0.05, 0) is 12.5 Å². The average Bonchev–Trinajstić information content (AvgIpc) is 1.88. The number of allylic oxidation sites excluding steroid dienone is 3. The first kappa shape index (κ1) is 7.50. The van der Waals surface area contributed by atoms with Gasteiger partial charge in [-0.3, -0.25) is 4.55 Å². The Morgan fingerprint density at radius 2 is 2.30 bits per heavy atom. The van der Waals surface area contributed by atoms with Crippen molar-refractivity contribution in [2.45, 2.75) is 11.7 Å². The van der Waals surface area contributed by atoms with Crippen molar-refractivity contribution in [1.82, 2.24) is 0 Å². The minimum absolute atomic E-state index is 0.315. The zero-order chi connectivity index (χ0) is 7.61. The Morgan fingerprint density at radius 3 is 2.60 bits per heavy atom. The lowest BCUT2D eigenvalue weighted by Gasteiger charge is -2.06. The average molecular weight is 159 g/mol. The molecular formula is C6H7O3S. The molecule has 1 atom stereocenters. The first-order chi connectivity index (χ1) is 4.61. The monoisotopic (exact) mass is 159 g/mol. The maximum atomic E-state index is 10.4. The normalized spacial score (nSPS) is 25.1. The molecule has 0 heterocycles. The van der Waals surface area contributed by atoms with Gasteiger partial charge in [-0.25, -0.2) is 0 Å². The Bertz CT molecular complexity index is 261. The van der Waals surface area contributed by atoms with Crippen molar-refractivity contribution in [1.29, 1.82) is 0 Å². The molecule has 0 fully saturated rings. The van der Waals surface area contributed by atoms with Crippen LogP contribution in [-0.4, -0.2) is 18.2 Å². The van der Waals surface area contributed by atoms with Gasteiger partial charge in [0.2, 0.25) is 0 Å². The topological polar surface area (TPSA) is 54.4 Å². The van der Waals surface area contributed by atoms with Crippen molar-refractivity contribution in [3.8, 4) is 0 Å². The van der Waals surface area contributed by atoms with Crippen LogP contribution in [0, 0.1) is 6.08 Å². The highest BCUT2D eigenvalue weighted by atomic mass is 32.2. The maximum absolute atomic E-state index is 10.4. The first-order valence-corrected chi connectivity index (χ1v) is 4.32. The summed E-state index contributed by atoms with van der Waals surface area (Å²) in [6, 6.07) is 0. The molecule has 0 saturated heterocycles. The number of rotatable bonds is 1. The van der Waals surface area contributed by atoms with Gasteiger partial charge in [-0.1, -0.05) is 18.2 Å². The van der Waals surface area contributed by atoms with Gasteiger partial charge < -0.3 is 0 Å². The SMILES string of the molecule is O=S(=O)(O)C1[C]=CC=CC1. The van der Waals surface area contributed by atoms with Crippen LogP contribution >= 0.6 is 0 Å². The highest BCUT2D eigenvalue weighted by Gasteiger charge is 2.19. The Labute approximate surface area is 59.8 Å². The Morgan fingerprint density at radius 1 is 1.60 bits per heavy atom. The minimum Gasteiger partial charge on any atom is -0.285 e. The molecule has 1 aliphatic carbocycles. The molecule has 0 aromatic carbocycles. The second-order valence-corrected chi connectivity index (χ2v) is 3.60. The number of hydrogen-bond donors (Lipinski definition) is 1. The smallest absolute Gasteiger partial charge is 0.272 e. The van der Waals surface area contributed by atoms with E-state index in [0.29, 0.717) is 6.42 Å². The van der Waals surface area contributed by atoms with Crippen LogP contribution < -0.4 is 0 Å². The third kappa shape index (κ3) is 1.68. The van der Waals surface area contributed by atoms with Crippen LogP contribution in [0.5, 0.6) is 0 Å². The molecule has 10 heavy (non-hydrogen) atoms. The summed E-state index contributed by atoms with van der Waals surface area (Å²) in [5.74, 6) is 0. The van der Waals surface area contributed by atoms with Gasteiger partial charge in [-0.15, -0.1) is 0 Å². The van der Waals surface area contributed by atoms with Crippen LogP contribution in [-0.2, 0) is 10.1 Å². The lowest BCUT2D eigenvalue weighted by molar-refractivity contribution is 0.473. The van der Waals surface area contributed by atoms with Gasteiger partial charge in [0.15, 0.2) is 0 Å². The fourth-order valence-corrected chi connectivity index (χ4v) is 1.31. The van der Waals surface area contributed by atoms with E-state index in [0.717, 1.165) is 0 Å². The fraction of sp³-hybridized carbons (Fsp3) is 0.333. The molecule has 4 heteroatoms. The number of hydrogen-bond acceptors (Lipinski definition) is 2. The summed E-state index contributed by atoms with van der Waals surface area (Å²) in [4.78, 5) is 0. The molecule has 0 aliphatic heterocycles. The van der Waals surface area contributed by atoms with Gasteiger partial charge in [0, 0.05) is 0 Å². The summed E-state index contributed by atoms with van der Waals surface area (Å²) in [6.45, 7) is 0. The van der Waals surface area contributed by atoms with E-state index in [1.165, 1.54) is 6.08 Å². The summed E-state index contributed by atoms with van der Waals surface area (Å²) >= 11 is 0. The highest BCUT2D eigenvalue weighted by Crippen LogP contribution is 2.09. The van der Waals surface area contributed by atoms with Crippen molar-refractivity contribution < 1.29 is 13.0 Å². The van der Waals surface area contributed by atoms with E-state index in [2.05, 4.69) is 6.08 Å². The van der Waals surface area contributed by atoms with Crippen LogP contribution in [0.1, 0.15) is 6.42 Å². The molecule has 0 amide bonds. The van der Waals surface area contributed by atoms with E-state index in [1.807, 2.05) is 0 Å². The summed E-state index contributed by atoms with van der Waals surface area (Å²) in [5.41, 5.74) is 0. The molecule has 3 nitrogen and oxygen atoms in total. The van der Waals surface area contributed by atoms with Crippen molar-refractivity contribution >= 4 is 10.1 Å². The minimum atomic E-state index is -3.92. The molecule has 0 aromatic rings. The third-order valence-corrected chi connectivity index (χ3v) is 2.27. The molecule has 0 bridgehead atoms. The lowest BCUT2D eigenvalue weighted by atomic mass is 10.2. The van der Waals surface area contributed by atoms with Crippen LogP contribution in [0.4, 0.5) is 0 Å². The van der Waals surface area contributed by atoms with Crippen LogP contribution in [0.15, 0.2) is 18.2 Å². The quantitative estimate of drug-likeness (QED) is 0.569. The fourth-order valence-electron chi connectivity index (χ4n) is 0.709. The zero-order valence-corrected chi connectivity index (χ0v) is 6.00. The van der Waals surface area contributed by atoms with Crippen molar-refractivity contribution in [3.63, 3.8) is 0 Å². The molecule has 1 unspecified atom stereocenters. The van der Waals surface area contributed by atoms with E-state index in [1.54, 1.807) is 12.2 Å². The van der Waals surface area contributed by atoms with E-state index >= 15 is 0 Å². The van der Waals surface area contributed by atoms with E-state index in [4.69, 9.17) is 4.55 Å². The van der Waals surface area contributed by atoms with Crippen LogP contribution in [0.25, 0.3) is 0 Å². The van der Waals surface area contributed by atoms with Crippen LogP contribution in [0.2, 0.25) is 0 Å². The predicted molar refractivity (Wildman–Crippen MR) is 36.9 cm³/mol. The Kier molecular flexibility index (Phi) is 1.92. The summed E-state index contributed by atoms with van der Waals surface area (Å²) in [5, 5.41) is -0.863. The first-order valence-electron chi connectivity index (χ1n) is 2.81. The predicted octanol–water partition coefficient (Wildman–Crippen LogP) is 0.562. The lowest BCUT2D eigenvalue weighted by Crippen LogP contribution is -2.18. The summed E-state index contributed by atoms with van der Waals surface area (Å²) in [6.07, 6.45) is 7.68. The molecule has 0 aromatic heterocycles. The second kappa shape index (κ2) is 2.56. The maximum Gasteiger partial charge on any atom is 0.272 e. The van der Waals surface area contributed by atoms with E-state index < -0.39 is 15.4 Å². The van der Waals surface area contributed by atoms with Crippen molar-refractivity contribution in [2.75, 3.05) is 0 Å². The van der Waals surface area contributed by atoms with Crippen molar-refractivity contribution in [3.05, 3.63) is 24.3 Å². The largest absolute Gasteiger partial charge is 0.285 e.